The van der Waals surface area contributed by atoms with Crippen molar-refractivity contribution in [3.8, 4) is 0 Å². The van der Waals surface area contributed by atoms with Crippen LogP contribution in [0.4, 0.5) is 0 Å². The predicted octanol–water partition coefficient (Wildman–Crippen LogP) is 2.39. The lowest BCUT2D eigenvalue weighted by molar-refractivity contribution is -0.126. The van der Waals surface area contributed by atoms with Crippen LogP contribution in [-0.4, -0.2) is 24.4 Å². The van der Waals surface area contributed by atoms with Crippen molar-refractivity contribution in [2.24, 2.45) is 0 Å². The van der Waals surface area contributed by atoms with Crippen LogP contribution in [0.3, 0.4) is 0 Å². The van der Waals surface area contributed by atoms with Gasteiger partial charge in [-0.25, -0.2) is 0 Å². The third kappa shape index (κ3) is 4.88. The average molecular weight is 290 g/mol. The summed E-state index contributed by atoms with van der Waals surface area (Å²) in [7, 11) is 0. The lowest BCUT2D eigenvalue weighted by Gasteiger charge is -2.35. The van der Waals surface area contributed by atoms with Gasteiger partial charge in [-0.15, -0.1) is 0 Å². The van der Waals surface area contributed by atoms with Crippen LogP contribution in [-0.2, 0) is 15.0 Å². The monoisotopic (exact) mass is 290 g/mol. The molecule has 116 valence electrons. The van der Waals surface area contributed by atoms with Crippen molar-refractivity contribution in [1.29, 1.82) is 0 Å². The van der Waals surface area contributed by atoms with E-state index in [0.29, 0.717) is 6.42 Å². The fraction of sp³-hybridized carbons (Fsp3) is 0.529. The second-order valence-corrected chi connectivity index (χ2v) is 5.75. The first-order chi connectivity index (χ1) is 9.91. The Kier molecular flexibility index (Phi) is 6.40. The Morgan fingerprint density at radius 2 is 1.71 bits per heavy atom. The molecule has 1 atom stereocenters. The summed E-state index contributed by atoms with van der Waals surface area (Å²) < 4.78 is 0. The highest BCUT2D eigenvalue weighted by Crippen LogP contribution is 2.28. The molecule has 0 fully saturated rings. The molecule has 0 saturated heterocycles. The average Bonchev–Trinajstić information content (AvgIpc) is 2.50. The highest BCUT2D eigenvalue weighted by molar-refractivity contribution is 5.84. The summed E-state index contributed by atoms with van der Waals surface area (Å²) in [6.07, 6.45) is 1.22. The van der Waals surface area contributed by atoms with Crippen molar-refractivity contribution >= 4 is 11.8 Å². The Labute approximate surface area is 127 Å². The van der Waals surface area contributed by atoms with Crippen LogP contribution in [0.15, 0.2) is 30.3 Å². The number of amides is 2. The van der Waals surface area contributed by atoms with Crippen molar-refractivity contribution in [3.05, 3.63) is 35.9 Å². The molecule has 0 spiro atoms. The Morgan fingerprint density at radius 3 is 2.24 bits per heavy atom. The minimum absolute atomic E-state index is 0.0194. The Bertz CT molecular complexity index is 469. The molecule has 0 saturated carbocycles. The first kappa shape index (κ1) is 17.2. The fourth-order valence-corrected chi connectivity index (χ4v) is 2.41. The number of rotatable bonds is 7. The molecule has 0 radical (unpaired) electrons. The van der Waals surface area contributed by atoms with Gasteiger partial charge in [0.25, 0.3) is 0 Å². The van der Waals surface area contributed by atoms with Crippen molar-refractivity contribution in [2.75, 3.05) is 6.54 Å². The van der Waals surface area contributed by atoms with Gasteiger partial charge in [0.15, 0.2) is 0 Å². The van der Waals surface area contributed by atoms with Crippen molar-refractivity contribution in [2.45, 2.75) is 52.0 Å². The number of carbonyl (C=O) groups is 2. The number of carbonyl (C=O) groups excluding carboxylic acids is 2. The van der Waals surface area contributed by atoms with Crippen LogP contribution in [0.1, 0.15) is 46.1 Å². The number of hydrogen-bond donors (Lipinski definition) is 2. The van der Waals surface area contributed by atoms with Crippen LogP contribution in [0.5, 0.6) is 0 Å². The second kappa shape index (κ2) is 7.81. The van der Waals surface area contributed by atoms with Crippen LogP contribution >= 0.6 is 0 Å². The van der Waals surface area contributed by atoms with E-state index in [1.54, 1.807) is 6.92 Å². The van der Waals surface area contributed by atoms with Gasteiger partial charge in [0.2, 0.25) is 11.8 Å². The van der Waals surface area contributed by atoms with E-state index in [1.807, 2.05) is 18.2 Å². The first-order valence-corrected chi connectivity index (χ1v) is 7.53. The van der Waals surface area contributed by atoms with Gasteiger partial charge < -0.3 is 10.6 Å². The van der Waals surface area contributed by atoms with Crippen LogP contribution in [0.2, 0.25) is 0 Å². The molecule has 4 heteroatoms. The molecule has 0 aliphatic heterocycles. The zero-order valence-electron chi connectivity index (χ0n) is 13.4. The molecule has 4 nitrogen and oxygen atoms in total. The molecule has 1 rings (SSSR count). The van der Waals surface area contributed by atoms with E-state index >= 15 is 0 Å². The molecule has 0 heterocycles. The smallest absolute Gasteiger partial charge is 0.239 e. The molecule has 2 amide bonds. The Hall–Kier alpha value is -1.84. The van der Waals surface area contributed by atoms with Gasteiger partial charge >= 0.3 is 0 Å². The van der Waals surface area contributed by atoms with Crippen molar-refractivity contribution in [3.63, 3.8) is 0 Å². The maximum atomic E-state index is 12.0. The van der Waals surface area contributed by atoms with Gasteiger partial charge in [0, 0.05) is 17.9 Å². The van der Waals surface area contributed by atoms with Gasteiger partial charge in [-0.3, -0.25) is 9.59 Å². The van der Waals surface area contributed by atoms with Gasteiger partial charge in [-0.1, -0.05) is 58.0 Å². The largest absolute Gasteiger partial charge is 0.351 e. The molecule has 0 bridgehead atoms. The molecule has 0 aliphatic carbocycles. The maximum Gasteiger partial charge on any atom is 0.239 e. The minimum atomic E-state index is -0.166. The van der Waals surface area contributed by atoms with Crippen molar-refractivity contribution < 1.29 is 9.59 Å². The molecule has 1 aromatic carbocycles. The highest BCUT2D eigenvalue weighted by Gasteiger charge is 2.31. The van der Waals surface area contributed by atoms with Gasteiger partial charge in [-0.05, 0) is 12.0 Å². The lowest BCUT2D eigenvalue weighted by atomic mass is 9.76. The molecule has 0 aliphatic rings. The summed E-state index contributed by atoms with van der Waals surface area (Å²) in [6.45, 7) is 8.11. The van der Waals surface area contributed by atoms with Crippen LogP contribution in [0.25, 0.3) is 0 Å². The molecule has 21 heavy (non-hydrogen) atoms. The number of benzene rings is 1. The van der Waals surface area contributed by atoms with Crippen molar-refractivity contribution in [1.82, 2.24) is 10.6 Å². The van der Waals surface area contributed by atoms with Crippen LogP contribution in [0, 0.1) is 0 Å². The predicted molar refractivity (Wildman–Crippen MR) is 85.0 cm³/mol. The highest BCUT2D eigenvalue weighted by atomic mass is 16.2. The van der Waals surface area contributed by atoms with Gasteiger partial charge in [0.1, 0.15) is 0 Å². The molecule has 1 aromatic rings. The summed E-state index contributed by atoms with van der Waals surface area (Å²) in [5.41, 5.74) is 1.02. The Balaban J connectivity index is 2.70. The fourth-order valence-electron chi connectivity index (χ4n) is 2.41. The molecular formula is C17H26N2O2. The molecule has 2 N–H and O–H groups in total. The summed E-state index contributed by atoms with van der Waals surface area (Å²) in [5, 5.41) is 5.63. The molecule has 0 aromatic heterocycles. The third-order valence-corrected chi connectivity index (χ3v) is 3.90. The summed E-state index contributed by atoms with van der Waals surface area (Å²) in [4.78, 5) is 23.2. The normalized spacial score (nSPS) is 12.6. The number of hydrogen-bond acceptors (Lipinski definition) is 2. The van der Waals surface area contributed by atoms with E-state index in [1.165, 1.54) is 5.56 Å². The summed E-state index contributed by atoms with van der Waals surface area (Å²) >= 11 is 0. The van der Waals surface area contributed by atoms with E-state index in [9.17, 15) is 9.59 Å². The van der Waals surface area contributed by atoms with E-state index in [2.05, 4.69) is 43.5 Å². The zero-order chi connectivity index (χ0) is 15.9. The summed E-state index contributed by atoms with van der Waals surface area (Å²) in [6, 6.07) is 10.2. The maximum absolute atomic E-state index is 12.0. The second-order valence-electron chi connectivity index (χ2n) is 5.75. The Morgan fingerprint density at radius 1 is 1.10 bits per heavy atom. The number of nitrogens with one attached hydrogen (secondary N) is 2. The minimum Gasteiger partial charge on any atom is -0.351 e. The van der Waals surface area contributed by atoms with E-state index in [-0.39, 0.29) is 29.8 Å². The third-order valence-electron chi connectivity index (χ3n) is 3.90. The molecule has 0 unspecified atom stereocenters. The van der Waals surface area contributed by atoms with E-state index in [0.717, 1.165) is 6.42 Å². The molecular weight excluding hydrogens is 264 g/mol. The quantitative estimate of drug-likeness (QED) is 0.810. The SMILES string of the molecule is CCC(=O)NCC(=O)N[C@@H](CC)C(C)(C)c1ccccc1. The topological polar surface area (TPSA) is 58.2 Å². The van der Waals surface area contributed by atoms with Gasteiger partial charge in [0.05, 0.1) is 6.54 Å². The lowest BCUT2D eigenvalue weighted by Crippen LogP contribution is -2.49. The van der Waals surface area contributed by atoms with Gasteiger partial charge in [-0.2, -0.15) is 0 Å². The van der Waals surface area contributed by atoms with Crippen LogP contribution < -0.4 is 10.6 Å². The first-order valence-electron chi connectivity index (χ1n) is 7.53. The van der Waals surface area contributed by atoms with E-state index < -0.39 is 0 Å². The zero-order valence-corrected chi connectivity index (χ0v) is 13.4. The summed E-state index contributed by atoms with van der Waals surface area (Å²) in [5.74, 6) is -0.256. The van der Waals surface area contributed by atoms with E-state index in [4.69, 9.17) is 0 Å². The standard InChI is InChI=1S/C17H26N2O2/c1-5-14(19-16(21)12-18-15(20)6-2)17(3,4)13-10-8-7-9-11-13/h7-11,14H,5-6,12H2,1-4H3,(H,18,20)(H,19,21)/t14-/m0/s1.